The zero-order chi connectivity index (χ0) is 13.8. The van der Waals surface area contributed by atoms with E-state index in [1.165, 1.54) is 12.1 Å². The van der Waals surface area contributed by atoms with E-state index in [2.05, 4.69) is 62.7 Å². The van der Waals surface area contributed by atoms with Crippen LogP contribution < -0.4 is 5.32 Å². The van der Waals surface area contributed by atoms with E-state index in [1.807, 2.05) is 6.20 Å². The molecule has 0 saturated heterocycles. The number of nitrogens with one attached hydrogen (secondary N) is 1. The highest BCUT2D eigenvalue weighted by Gasteiger charge is 2.27. The van der Waals surface area contributed by atoms with E-state index < -0.39 is 0 Å². The SMILES string of the molecule is CCCNC(C)CC(C)(C)c1ccnn1C(C)C. The third-order valence-electron chi connectivity index (χ3n) is 3.41. The number of nitrogens with zero attached hydrogens (tertiary/aromatic N) is 2. The van der Waals surface area contributed by atoms with E-state index in [1.54, 1.807) is 0 Å². The summed E-state index contributed by atoms with van der Waals surface area (Å²) in [6.45, 7) is 14.6. The molecule has 0 aromatic carbocycles. The molecule has 0 amide bonds. The van der Waals surface area contributed by atoms with Gasteiger partial charge in [-0.2, -0.15) is 5.10 Å². The Balaban J connectivity index is 2.75. The predicted octanol–water partition coefficient (Wildman–Crippen LogP) is 3.52. The Morgan fingerprint density at radius 2 is 2.00 bits per heavy atom. The first kappa shape index (κ1) is 15.2. The molecule has 0 spiro atoms. The molecule has 1 aromatic heterocycles. The van der Waals surface area contributed by atoms with Crippen LogP contribution in [-0.2, 0) is 5.41 Å². The number of aromatic nitrogens is 2. The second-order valence-electron chi connectivity index (χ2n) is 6.20. The Morgan fingerprint density at radius 1 is 1.33 bits per heavy atom. The zero-order valence-electron chi connectivity index (χ0n) is 12.8. The van der Waals surface area contributed by atoms with Crippen LogP contribution in [0.3, 0.4) is 0 Å². The van der Waals surface area contributed by atoms with Crippen molar-refractivity contribution in [3.05, 3.63) is 18.0 Å². The van der Waals surface area contributed by atoms with Gasteiger partial charge in [0.1, 0.15) is 0 Å². The van der Waals surface area contributed by atoms with Crippen molar-refractivity contribution >= 4 is 0 Å². The van der Waals surface area contributed by atoms with Gasteiger partial charge in [-0.1, -0.05) is 20.8 Å². The lowest BCUT2D eigenvalue weighted by molar-refractivity contribution is 0.354. The Bertz CT molecular complexity index is 352. The highest BCUT2D eigenvalue weighted by atomic mass is 15.3. The molecule has 1 heterocycles. The van der Waals surface area contributed by atoms with Gasteiger partial charge in [0.25, 0.3) is 0 Å². The molecule has 0 fully saturated rings. The van der Waals surface area contributed by atoms with Crippen LogP contribution in [0.25, 0.3) is 0 Å². The molecule has 0 aliphatic rings. The second kappa shape index (κ2) is 6.37. The monoisotopic (exact) mass is 251 g/mol. The van der Waals surface area contributed by atoms with Gasteiger partial charge in [-0.3, -0.25) is 4.68 Å². The molecule has 1 N–H and O–H groups in total. The molecule has 0 aliphatic carbocycles. The Morgan fingerprint density at radius 3 is 2.56 bits per heavy atom. The third-order valence-corrected chi connectivity index (χ3v) is 3.41. The van der Waals surface area contributed by atoms with Gasteiger partial charge in [-0.15, -0.1) is 0 Å². The van der Waals surface area contributed by atoms with E-state index in [9.17, 15) is 0 Å². The molecule has 18 heavy (non-hydrogen) atoms. The Labute approximate surface area is 112 Å². The van der Waals surface area contributed by atoms with Crippen molar-refractivity contribution in [2.24, 2.45) is 0 Å². The summed E-state index contributed by atoms with van der Waals surface area (Å²) in [6, 6.07) is 3.12. The van der Waals surface area contributed by atoms with Gasteiger partial charge in [-0.05, 0) is 46.2 Å². The normalized spacial score (nSPS) is 14.2. The van der Waals surface area contributed by atoms with Gasteiger partial charge in [0, 0.05) is 29.4 Å². The molecule has 1 atom stereocenters. The first-order chi connectivity index (χ1) is 8.38. The first-order valence-electron chi connectivity index (χ1n) is 7.16. The van der Waals surface area contributed by atoms with Crippen molar-refractivity contribution in [1.82, 2.24) is 15.1 Å². The highest BCUT2D eigenvalue weighted by molar-refractivity contribution is 5.14. The van der Waals surface area contributed by atoms with Gasteiger partial charge in [-0.25, -0.2) is 0 Å². The minimum absolute atomic E-state index is 0.154. The number of hydrogen-bond donors (Lipinski definition) is 1. The average molecular weight is 251 g/mol. The predicted molar refractivity (Wildman–Crippen MR) is 78.0 cm³/mol. The zero-order valence-corrected chi connectivity index (χ0v) is 12.8. The lowest BCUT2D eigenvalue weighted by Crippen LogP contribution is -2.35. The molecule has 104 valence electrons. The lowest BCUT2D eigenvalue weighted by atomic mass is 9.82. The van der Waals surface area contributed by atoms with Crippen LogP contribution in [-0.4, -0.2) is 22.4 Å². The van der Waals surface area contributed by atoms with E-state index in [0.717, 1.165) is 13.0 Å². The van der Waals surface area contributed by atoms with Crippen molar-refractivity contribution in [3.8, 4) is 0 Å². The van der Waals surface area contributed by atoms with Crippen molar-refractivity contribution < 1.29 is 0 Å². The fourth-order valence-electron chi connectivity index (χ4n) is 2.59. The van der Waals surface area contributed by atoms with Gasteiger partial charge in [0.2, 0.25) is 0 Å². The summed E-state index contributed by atoms with van der Waals surface area (Å²) >= 11 is 0. The molecule has 3 nitrogen and oxygen atoms in total. The van der Waals surface area contributed by atoms with Gasteiger partial charge < -0.3 is 5.32 Å². The molecule has 0 saturated carbocycles. The number of rotatable bonds is 7. The third kappa shape index (κ3) is 3.84. The quantitative estimate of drug-likeness (QED) is 0.803. The van der Waals surface area contributed by atoms with Crippen LogP contribution in [0.4, 0.5) is 0 Å². The Hall–Kier alpha value is -0.830. The van der Waals surface area contributed by atoms with Gasteiger partial charge in [0.05, 0.1) is 0 Å². The minimum Gasteiger partial charge on any atom is -0.314 e. The summed E-state index contributed by atoms with van der Waals surface area (Å²) in [4.78, 5) is 0. The number of hydrogen-bond acceptors (Lipinski definition) is 2. The van der Waals surface area contributed by atoms with Crippen molar-refractivity contribution in [2.75, 3.05) is 6.54 Å². The summed E-state index contributed by atoms with van der Waals surface area (Å²) in [5.74, 6) is 0. The lowest BCUT2D eigenvalue weighted by Gasteiger charge is -2.30. The molecular formula is C15H29N3. The minimum atomic E-state index is 0.154. The van der Waals surface area contributed by atoms with Crippen molar-refractivity contribution in [3.63, 3.8) is 0 Å². The fourth-order valence-corrected chi connectivity index (χ4v) is 2.59. The average Bonchev–Trinajstić information content (AvgIpc) is 2.75. The van der Waals surface area contributed by atoms with E-state index in [0.29, 0.717) is 12.1 Å². The summed E-state index contributed by atoms with van der Waals surface area (Å²) in [7, 11) is 0. The maximum absolute atomic E-state index is 4.45. The van der Waals surface area contributed by atoms with E-state index in [4.69, 9.17) is 0 Å². The molecule has 0 aliphatic heterocycles. The molecule has 1 unspecified atom stereocenters. The molecule has 1 rings (SSSR count). The second-order valence-corrected chi connectivity index (χ2v) is 6.20. The van der Waals surface area contributed by atoms with Crippen LogP contribution in [0.2, 0.25) is 0 Å². The fraction of sp³-hybridized carbons (Fsp3) is 0.800. The summed E-state index contributed by atoms with van der Waals surface area (Å²) < 4.78 is 2.15. The molecular weight excluding hydrogens is 222 g/mol. The van der Waals surface area contributed by atoms with Crippen LogP contribution in [0, 0.1) is 0 Å². The molecule has 3 heteroatoms. The van der Waals surface area contributed by atoms with Crippen molar-refractivity contribution in [1.29, 1.82) is 0 Å². The highest BCUT2D eigenvalue weighted by Crippen LogP contribution is 2.29. The first-order valence-corrected chi connectivity index (χ1v) is 7.16. The standard InChI is InChI=1S/C15H29N3/c1-7-9-16-13(4)11-15(5,6)14-8-10-17-18(14)12(2)3/h8,10,12-13,16H,7,9,11H2,1-6H3. The molecule has 1 aromatic rings. The topological polar surface area (TPSA) is 29.9 Å². The van der Waals surface area contributed by atoms with Crippen LogP contribution >= 0.6 is 0 Å². The van der Waals surface area contributed by atoms with E-state index in [-0.39, 0.29) is 5.41 Å². The van der Waals surface area contributed by atoms with Crippen LogP contribution in [0.15, 0.2) is 12.3 Å². The summed E-state index contributed by atoms with van der Waals surface area (Å²) in [5.41, 5.74) is 1.49. The molecule has 0 bridgehead atoms. The smallest absolute Gasteiger partial charge is 0.0492 e. The Kier molecular flexibility index (Phi) is 5.39. The molecule has 0 radical (unpaired) electrons. The largest absolute Gasteiger partial charge is 0.314 e. The van der Waals surface area contributed by atoms with Crippen LogP contribution in [0.1, 0.15) is 66.1 Å². The van der Waals surface area contributed by atoms with Crippen molar-refractivity contribution in [2.45, 2.75) is 71.9 Å². The maximum Gasteiger partial charge on any atom is 0.0492 e. The summed E-state index contributed by atoms with van der Waals surface area (Å²) in [5, 5.41) is 8.02. The van der Waals surface area contributed by atoms with Crippen LogP contribution in [0.5, 0.6) is 0 Å². The van der Waals surface area contributed by atoms with E-state index >= 15 is 0 Å². The van der Waals surface area contributed by atoms with Gasteiger partial charge in [0.15, 0.2) is 0 Å². The maximum atomic E-state index is 4.45. The van der Waals surface area contributed by atoms with Gasteiger partial charge >= 0.3 is 0 Å². The summed E-state index contributed by atoms with van der Waals surface area (Å²) in [6.07, 6.45) is 4.24.